The number of hydrogen-bond acceptors (Lipinski definition) is 3. The summed E-state index contributed by atoms with van der Waals surface area (Å²) in [6.07, 6.45) is 7.10. The normalized spacial score (nSPS) is 16.8. The maximum Gasteiger partial charge on any atom is 0.251 e. The smallest absolute Gasteiger partial charge is 0.251 e. The third-order valence-electron chi connectivity index (χ3n) is 4.20. The van der Waals surface area contributed by atoms with E-state index in [-0.39, 0.29) is 17.9 Å². The first kappa shape index (κ1) is 18.5. The van der Waals surface area contributed by atoms with Crippen LogP contribution in [-0.2, 0) is 9.53 Å². The lowest BCUT2D eigenvalue weighted by atomic mass is 10.1. The second kappa shape index (κ2) is 10.1. The zero-order valence-corrected chi connectivity index (χ0v) is 14.5. The molecule has 0 aromatic heterocycles. The minimum absolute atomic E-state index is 0.0293. The summed E-state index contributed by atoms with van der Waals surface area (Å²) >= 11 is 0. The van der Waals surface area contributed by atoms with Crippen LogP contribution in [0, 0.1) is 0 Å². The minimum Gasteiger partial charge on any atom is -0.376 e. The van der Waals surface area contributed by atoms with Crippen LogP contribution in [0.4, 0.5) is 5.69 Å². The Morgan fingerprint density at radius 3 is 2.62 bits per heavy atom. The fourth-order valence-electron chi connectivity index (χ4n) is 2.75. The summed E-state index contributed by atoms with van der Waals surface area (Å²) < 4.78 is 5.49. The average molecular weight is 332 g/mol. The number of carbonyl (C=O) groups excluding carboxylic acids is 2. The Morgan fingerprint density at radius 2 is 1.96 bits per heavy atom. The van der Waals surface area contributed by atoms with Crippen molar-refractivity contribution in [2.75, 3.05) is 18.5 Å². The molecule has 24 heavy (non-hydrogen) atoms. The van der Waals surface area contributed by atoms with E-state index in [0.717, 1.165) is 44.4 Å². The van der Waals surface area contributed by atoms with Gasteiger partial charge in [-0.25, -0.2) is 0 Å². The van der Waals surface area contributed by atoms with Crippen molar-refractivity contribution in [1.82, 2.24) is 5.32 Å². The third kappa shape index (κ3) is 6.32. The Bertz CT molecular complexity index is 522. The molecule has 5 heteroatoms. The molecule has 1 unspecified atom stereocenters. The molecule has 0 aliphatic carbocycles. The molecule has 1 saturated heterocycles. The van der Waals surface area contributed by atoms with E-state index in [1.165, 1.54) is 6.42 Å². The number of benzene rings is 1. The highest BCUT2D eigenvalue weighted by molar-refractivity contribution is 5.95. The number of rotatable bonds is 9. The minimum atomic E-state index is -0.108. The molecule has 1 heterocycles. The van der Waals surface area contributed by atoms with Crippen LogP contribution in [0.1, 0.15) is 62.2 Å². The van der Waals surface area contributed by atoms with Gasteiger partial charge in [-0.15, -0.1) is 0 Å². The SMILES string of the molecule is CCCCCCC(=O)Nc1ccc(C(=O)NCC2CCCO2)cc1. The fraction of sp³-hybridized carbons (Fsp3) is 0.579. The predicted octanol–water partition coefficient (Wildman–Crippen LogP) is 3.50. The molecular formula is C19H28N2O3. The molecule has 5 nitrogen and oxygen atoms in total. The van der Waals surface area contributed by atoms with Crippen LogP contribution in [0.3, 0.4) is 0 Å². The van der Waals surface area contributed by atoms with Gasteiger partial charge in [-0.05, 0) is 43.5 Å². The van der Waals surface area contributed by atoms with Crippen molar-refractivity contribution in [2.45, 2.75) is 58.0 Å². The molecule has 0 saturated carbocycles. The highest BCUT2D eigenvalue weighted by Gasteiger charge is 2.16. The Labute approximate surface area is 144 Å². The summed E-state index contributed by atoms with van der Waals surface area (Å²) in [4.78, 5) is 23.9. The number of carbonyl (C=O) groups is 2. The van der Waals surface area contributed by atoms with Crippen molar-refractivity contribution >= 4 is 17.5 Å². The van der Waals surface area contributed by atoms with Gasteiger partial charge in [-0.1, -0.05) is 26.2 Å². The highest BCUT2D eigenvalue weighted by atomic mass is 16.5. The van der Waals surface area contributed by atoms with Crippen LogP contribution in [0.25, 0.3) is 0 Å². The van der Waals surface area contributed by atoms with Gasteiger partial charge >= 0.3 is 0 Å². The molecule has 1 aliphatic heterocycles. The van der Waals surface area contributed by atoms with Gasteiger partial charge in [0.1, 0.15) is 0 Å². The molecule has 0 bridgehead atoms. The van der Waals surface area contributed by atoms with Gasteiger partial charge in [0.05, 0.1) is 6.10 Å². The van der Waals surface area contributed by atoms with Gasteiger partial charge in [0.15, 0.2) is 0 Å². The molecule has 2 N–H and O–H groups in total. The summed E-state index contributed by atoms with van der Waals surface area (Å²) in [5.41, 5.74) is 1.32. The molecule has 1 aromatic rings. The Morgan fingerprint density at radius 1 is 1.17 bits per heavy atom. The Hall–Kier alpha value is -1.88. The first-order valence-electron chi connectivity index (χ1n) is 8.98. The van der Waals surface area contributed by atoms with Crippen molar-refractivity contribution in [3.05, 3.63) is 29.8 Å². The number of nitrogens with one attached hydrogen (secondary N) is 2. The van der Waals surface area contributed by atoms with Crippen molar-refractivity contribution < 1.29 is 14.3 Å². The summed E-state index contributed by atoms with van der Waals surface area (Å²) in [5.74, 6) is -0.0790. The van der Waals surface area contributed by atoms with Gasteiger partial charge in [0.25, 0.3) is 5.91 Å². The topological polar surface area (TPSA) is 67.4 Å². The van der Waals surface area contributed by atoms with Gasteiger partial charge in [-0.3, -0.25) is 9.59 Å². The molecule has 1 atom stereocenters. The van der Waals surface area contributed by atoms with Gasteiger partial charge < -0.3 is 15.4 Å². The molecule has 1 fully saturated rings. The van der Waals surface area contributed by atoms with Gasteiger partial charge in [-0.2, -0.15) is 0 Å². The van der Waals surface area contributed by atoms with E-state index < -0.39 is 0 Å². The fourth-order valence-corrected chi connectivity index (χ4v) is 2.75. The molecule has 132 valence electrons. The van der Waals surface area contributed by atoms with E-state index in [1.807, 2.05) is 0 Å². The maximum atomic E-state index is 12.1. The number of unbranched alkanes of at least 4 members (excludes halogenated alkanes) is 3. The third-order valence-corrected chi connectivity index (χ3v) is 4.20. The van der Waals surface area contributed by atoms with Gasteiger partial charge in [0.2, 0.25) is 5.91 Å². The predicted molar refractivity (Wildman–Crippen MR) is 95.1 cm³/mol. The summed E-state index contributed by atoms with van der Waals surface area (Å²) in [7, 11) is 0. The van der Waals surface area contributed by atoms with Crippen molar-refractivity contribution in [3.8, 4) is 0 Å². The van der Waals surface area contributed by atoms with Crippen LogP contribution < -0.4 is 10.6 Å². The first-order chi connectivity index (χ1) is 11.7. The highest BCUT2D eigenvalue weighted by Crippen LogP contribution is 2.13. The zero-order valence-electron chi connectivity index (χ0n) is 14.5. The van der Waals surface area contributed by atoms with E-state index in [9.17, 15) is 9.59 Å². The Kier molecular flexibility index (Phi) is 7.75. The average Bonchev–Trinajstić information content (AvgIpc) is 3.11. The van der Waals surface area contributed by atoms with Crippen molar-refractivity contribution in [3.63, 3.8) is 0 Å². The quantitative estimate of drug-likeness (QED) is 0.680. The zero-order chi connectivity index (χ0) is 17.2. The van der Waals surface area contributed by atoms with E-state index >= 15 is 0 Å². The van der Waals surface area contributed by atoms with Crippen molar-refractivity contribution in [1.29, 1.82) is 0 Å². The molecule has 0 radical (unpaired) electrons. The number of anilines is 1. The van der Waals surface area contributed by atoms with Crippen LogP contribution in [-0.4, -0.2) is 31.1 Å². The number of hydrogen-bond donors (Lipinski definition) is 2. The standard InChI is InChI=1S/C19H28N2O3/c1-2-3-4-5-8-18(22)21-16-11-9-15(10-12-16)19(23)20-14-17-7-6-13-24-17/h9-12,17H,2-8,13-14H2,1H3,(H,20,23)(H,21,22). The van der Waals surface area contributed by atoms with Crippen molar-refractivity contribution in [2.24, 2.45) is 0 Å². The van der Waals surface area contributed by atoms with E-state index in [4.69, 9.17) is 4.74 Å². The van der Waals surface area contributed by atoms with Crippen LogP contribution >= 0.6 is 0 Å². The van der Waals surface area contributed by atoms with Crippen LogP contribution in [0.15, 0.2) is 24.3 Å². The largest absolute Gasteiger partial charge is 0.376 e. The van der Waals surface area contributed by atoms with Gasteiger partial charge in [0, 0.05) is 30.8 Å². The molecule has 1 aromatic carbocycles. The second-order valence-electron chi connectivity index (χ2n) is 6.28. The molecular weight excluding hydrogens is 304 g/mol. The first-order valence-corrected chi connectivity index (χ1v) is 8.98. The van der Waals surface area contributed by atoms with E-state index in [1.54, 1.807) is 24.3 Å². The maximum absolute atomic E-state index is 12.1. The lowest BCUT2D eigenvalue weighted by Crippen LogP contribution is -2.31. The van der Waals surface area contributed by atoms with E-state index in [2.05, 4.69) is 17.6 Å². The second-order valence-corrected chi connectivity index (χ2v) is 6.28. The molecule has 2 amide bonds. The lowest BCUT2D eigenvalue weighted by molar-refractivity contribution is -0.116. The van der Waals surface area contributed by atoms with Crippen LogP contribution in [0.5, 0.6) is 0 Å². The Balaban J connectivity index is 1.73. The van der Waals surface area contributed by atoms with E-state index in [0.29, 0.717) is 18.5 Å². The summed E-state index contributed by atoms with van der Waals surface area (Å²) in [6.45, 7) is 3.49. The lowest BCUT2D eigenvalue weighted by Gasteiger charge is -2.11. The molecule has 0 spiro atoms. The van der Waals surface area contributed by atoms with Crippen LogP contribution in [0.2, 0.25) is 0 Å². The summed E-state index contributed by atoms with van der Waals surface area (Å²) in [5, 5.41) is 5.76. The number of amides is 2. The summed E-state index contributed by atoms with van der Waals surface area (Å²) in [6, 6.07) is 7.00. The molecule has 2 rings (SSSR count). The molecule has 1 aliphatic rings. The monoisotopic (exact) mass is 332 g/mol. The number of ether oxygens (including phenoxy) is 1.